The van der Waals surface area contributed by atoms with Crippen LogP contribution in [0.3, 0.4) is 0 Å². The Kier molecular flexibility index (Phi) is 7.12. The monoisotopic (exact) mass is 479 g/mol. The summed E-state index contributed by atoms with van der Waals surface area (Å²) >= 11 is 1.59. The Bertz CT molecular complexity index is 1240. The maximum atomic E-state index is 13.7. The van der Waals surface area contributed by atoms with Crippen molar-refractivity contribution in [3.05, 3.63) is 64.9 Å². The van der Waals surface area contributed by atoms with E-state index in [1.54, 1.807) is 30.7 Å². The molecule has 1 aliphatic heterocycles. The lowest BCUT2D eigenvalue weighted by molar-refractivity contribution is -0.113. The Labute approximate surface area is 203 Å². The highest BCUT2D eigenvalue weighted by molar-refractivity contribution is 7.99. The number of aryl methyl sites for hydroxylation is 1. The molecule has 4 rings (SSSR count). The van der Waals surface area contributed by atoms with E-state index in [0.29, 0.717) is 33.9 Å². The molecule has 2 aromatic carbocycles. The lowest BCUT2D eigenvalue weighted by Crippen LogP contribution is -2.31. The number of rotatable bonds is 8. The Morgan fingerprint density at radius 1 is 1.18 bits per heavy atom. The number of amides is 1. The van der Waals surface area contributed by atoms with E-state index < -0.39 is 6.04 Å². The summed E-state index contributed by atoms with van der Waals surface area (Å²) in [5.74, 6) is 2.55. The van der Waals surface area contributed by atoms with Crippen molar-refractivity contribution >= 4 is 29.3 Å². The second kappa shape index (κ2) is 10.2. The Morgan fingerprint density at radius 2 is 2.00 bits per heavy atom. The first-order chi connectivity index (χ1) is 16.4. The molecule has 1 atom stereocenters. The van der Waals surface area contributed by atoms with Gasteiger partial charge in [-0.2, -0.15) is 4.98 Å². The van der Waals surface area contributed by atoms with Gasteiger partial charge in [0.15, 0.2) is 0 Å². The van der Waals surface area contributed by atoms with Crippen LogP contribution < -0.4 is 20.1 Å². The molecule has 178 valence electrons. The number of allylic oxidation sites excluding steroid dienone is 1. The van der Waals surface area contributed by atoms with Gasteiger partial charge in [0, 0.05) is 22.7 Å². The van der Waals surface area contributed by atoms with Crippen molar-refractivity contribution in [1.29, 1.82) is 0 Å². The van der Waals surface area contributed by atoms with Crippen LogP contribution in [0.25, 0.3) is 0 Å². The van der Waals surface area contributed by atoms with Gasteiger partial charge in [-0.05, 0) is 56.2 Å². The van der Waals surface area contributed by atoms with Crippen LogP contribution in [0.4, 0.5) is 11.6 Å². The van der Waals surface area contributed by atoms with Crippen LogP contribution in [0, 0.1) is 6.92 Å². The number of carbonyl (C=O) groups is 1. The summed E-state index contributed by atoms with van der Waals surface area (Å²) in [6.45, 7) is 5.98. The number of benzene rings is 2. The van der Waals surface area contributed by atoms with E-state index in [1.165, 1.54) is 0 Å². The number of thioether (sulfide) groups is 1. The van der Waals surface area contributed by atoms with Gasteiger partial charge in [-0.25, -0.2) is 4.68 Å². The normalized spacial score (nSPS) is 14.9. The largest absolute Gasteiger partial charge is 0.497 e. The predicted molar refractivity (Wildman–Crippen MR) is 135 cm³/mol. The van der Waals surface area contributed by atoms with Crippen molar-refractivity contribution in [2.45, 2.75) is 38.4 Å². The number of ether oxygens (including phenoxy) is 2. The first-order valence-electron chi connectivity index (χ1n) is 11.1. The molecule has 0 spiro atoms. The fraction of sp³-hybridized carbons (Fsp3) is 0.320. The third kappa shape index (κ3) is 4.75. The predicted octanol–water partition coefficient (Wildman–Crippen LogP) is 5.03. The molecule has 0 fully saturated rings. The first-order valence-corrected chi connectivity index (χ1v) is 12.1. The van der Waals surface area contributed by atoms with Crippen LogP contribution in [0.1, 0.15) is 37.4 Å². The highest BCUT2D eigenvalue weighted by Gasteiger charge is 2.36. The zero-order valence-electron chi connectivity index (χ0n) is 20.0. The van der Waals surface area contributed by atoms with Gasteiger partial charge in [-0.1, -0.05) is 30.8 Å². The maximum Gasteiger partial charge on any atom is 0.255 e. The third-order valence-electron chi connectivity index (χ3n) is 5.52. The third-order valence-corrected chi connectivity index (χ3v) is 6.56. The van der Waals surface area contributed by atoms with Crippen molar-refractivity contribution in [2.75, 3.05) is 30.6 Å². The van der Waals surface area contributed by atoms with E-state index >= 15 is 0 Å². The summed E-state index contributed by atoms with van der Waals surface area (Å²) in [5, 5.41) is 11.7. The van der Waals surface area contributed by atoms with Gasteiger partial charge in [0.1, 0.15) is 17.5 Å². The Hall–Kier alpha value is -3.46. The molecule has 1 unspecified atom stereocenters. The Balaban J connectivity index is 1.83. The molecule has 1 aromatic heterocycles. The smallest absolute Gasteiger partial charge is 0.255 e. The topological polar surface area (TPSA) is 90.3 Å². The number of fused-ring (bicyclic) bond motifs is 1. The number of hydrogen-bond donors (Lipinski definition) is 2. The van der Waals surface area contributed by atoms with Crippen molar-refractivity contribution in [2.24, 2.45) is 0 Å². The molecule has 0 saturated heterocycles. The average molecular weight is 480 g/mol. The molecule has 9 heteroatoms. The van der Waals surface area contributed by atoms with E-state index in [0.717, 1.165) is 29.0 Å². The molecule has 3 aromatic rings. The van der Waals surface area contributed by atoms with Gasteiger partial charge >= 0.3 is 0 Å². The molecule has 1 amide bonds. The average Bonchev–Trinajstić information content (AvgIpc) is 3.23. The van der Waals surface area contributed by atoms with Crippen molar-refractivity contribution in [3.63, 3.8) is 0 Å². The first kappa shape index (κ1) is 23.7. The second-order valence-electron chi connectivity index (χ2n) is 8.01. The molecule has 8 nitrogen and oxygen atoms in total. The van der Waals surface area contributed by atoms with Crippen molar-refractivity contribution in [1.82, 2.24) is 14.8 Å². The van der Waals surface area contributed by atoms with Crippen molar-refractivity contribution in [3.8, 4) is 11.5 Å². The highest BCUT2D eigenvalue weighted by Crippen LogP contribution is 2.41. The summed E-state index contributed by atoms with van der Waals surface area (Å²) in [4.78, 5) is 18.3. The molecular formula is C25H29N5O3S. The maximum absolute atomic E-state index is 13.7. The zero-order valence-corrected chi connectivity index (χ0v) is 20.8. The molecule has 2 heterocycles. The van der Waals surface area contributed by atoms with Crippen molar-refractivity contribution < 1.29 is 14.3 Å². The van der Waals surface area contributed by atoms with Crippen LogP contribution in [0.5, 0.6) is 11.5 Å². The number of methoxy groups -OCH3 is 2. The fourth-order valence-corrected chi connectivity index (χ4v) is 4.63. The molecule has 0 bridgehead atoms. The van der Waals surface area contributed by atoms with Gasteiger partial charge in [-0.15, -0.1) is 5.10 Å². The molecule has 0 saturated carbocycles. The lowest BCUT2D eigenvalue weighted by Gasteiger charge is -2.29. The highest BCUT2D eigenvalue weighted by atomic mass is 32.2. The van der Waals surface area contributed by atoms with Crippen LogP contribution in [-0.4, -0.2) is 40.6 Å². The van der Waals surface area contributed by atoms with E-state index in [1.807, 2.05) is 56.3 Å². The molecule has 1 aliphatic rings. The summed E-state index contributed by atoms with van der Waals surface area (Å²) in [7, 11) is 3.22. The number of anilines is 2. The van der Waals surface area contributed by atoms with Crippen LogP contribution in [-0.2, 0) is 4.79 Å². The van der Waals surface area contributed by atoms with E-state index in [9.17, 15) is 4.79 Å². The summed E-state index contributed by atoms with van der Waals surface area (Å²) in [6, 6.07) is 12.7. The fourth-order valence-electron chi connectivity index (χ4n) is 3.94. The van der Waals surface area contributed by atoms with Crippen LogP contribution in [0.15, 0.2) is 58.9 Å². The molecule has 34 heavy (non-hydrogen) atoms. The van der Waals surface area contributed by atoms with Gasteiger partial charge in [0.25, 0.3) is 5.91 Å². The van der Waals surface area contributed by atoms with Gasteiger partial charge < -0.3 is 20.1 Å². The number of carbonyl (C=O) groups excluding carboxylic acids is 1. The summed E-state index contributed by atoms with van der Waals surface area (Å²) in [6.07, 6.45) is 1.01. The van der Waals surface area contributed by atoms with Crippen LogP contribution >= 0.6 is 11.8 Å². The summed E-state index contributed by atoms with van der Waals surface area (Å²) < 4.78 is 12.9. The second-order valence-corrected chi connectivity index (χ2v) is 9.07. The minimum Gasteiger partial charge on any atom is -0.497 e. The minimum absolute atomic E-state index is 0.227. The quantitative estimate of drug-likeness (QED) is 0.438. The van der Waals surface area contributed by atoms with Gasteiger partial charge in [-0.3, -0.25) is 4.79 Å². The molecule has 0 aliphatic carbocycles. The molecular weight excluding hydrogens is 450 g/mol. The Morgan fingerprint density at radius 3 is 2.71 bits per heavy atom. The molecule has 2 N–H and O–H groups in total. The number of nitrogens with one attached hydrogen (secondary N) is 2. The van der Waals surface area contributed by atoms with Gasteiger partial charge in [0.05, 0.1) is 19.8 Å². The zero-order chi connectivity index (χ0) is 24.2. The van der Waals surface area contributed by atoms with Gasteiger partial charge in [0.2, 0.25) is 11.1 Å². The summed E-state index contributed by atoms with van der Waals surface area (Å²) in [5.41, 5.74) is 3.78. The van der Waals surface area contributed by atoms with E-state index in [4.69, 9.17) is 14.6 Å². The number of hydrogen-bond acceptors (Lipinski definition) is 7. The number of aromatic nitrogens is 3. The standard InChI is InChI=1S/C25H29N5O3S/c1-6-12-34-25-28-24-26-16(3)21(23(31)27-17-9-7-8-15(2)13-17)22(30(24)29-25)19-14-18(32-4)10-11-20(19)33-5/h7-11,13-14,22H,6,12H2,1-5H3,(H,27,31)(H,26,28,29). The minimum atomic E-state index is -0.561. The van der Waals surface area contributed by atoms with E-state index in [-0.39, 0.29) is 5.91 Å². The van der Waals surface area contributed by atoms with Crippen LogP contribution in [0.2, 0.25) is 0 Å². The SMILES string of the molecule is CCCSc1nc2n(n1)C(c1cc(OC)ccc1OC)C(C(=O)Nc1cccc(C)c1)=C(C)N2. The number of nitrogens with zero attached hydrogens (tertiary/aromatic N) is 3. The van der Waals surface area contributed by atoms with E-state index in [2.05, 4.69) is 22.5 Å². The molecule has 0 radical (unpaired) electrons. The lowest BCUT2D eigenvalue weighted by atomic mass is 9.94.